The molecule has 2 N–H and O–H groups in total. The summed E-state index contributed by atoms with van der Waals surface area (Å²) in [6.45, 7) is 2.18. The second kappa shape index (κ2) is 7.10. The van der Waals surface area contributed by atoms with Gasteiger partial charge in [0.05, 0.1) is 6.26 Å². The van der Waals surface area contributed by atoms with Gasteiger partial charge in [-0.25, -0.2) is 12.7 Å². The summed E-state index contributed by atoms with van der Waals surface area (Å²) in [7, 11) is -3.18. The smallest absolute Gasteiger partial charge is 0.227 e. The fraction of sp³-hybridized carbons (Fsp3) is 0.467. The molecule has 2 amide bonds. The molecule has 0 aliphatic carbocycles. The van der Waals surface area contributed by atoms with E-state index in [1.165, 1.54) is 17.5 Å². The van der Waals surface area contributed by atoms with E-state index < -0.39 is 10.0 Å². The molecule has 126 valence electrons. The number of amides is 2. The average Bonchev–Trinajstić information content (AvgIpc) is 2.48. The van der Waals surface area contributed by atoms with Gasteiger partial charge < -0.3 is 10.6 Å². The van der Waals surface area contributed by atoms with Crippen LogP contribution < -0.4 is 10.6 Å². The summed E-state index contributed by atoms with van der Waals surface area (Å²) in [5.74, 6) is -0.451. The van der Waals surface area contributed by atoms with Gasteiger partial charge in [-0.1, -0.05) is 0 Å². The van der Waals surface area contributed by atoms with Crippen molar-refractivity contribution >= 4 is 33.2 Å². The summed E-state index contributed by atoms with van der Waals surface area (Å²) in [6.07, 6.45) is 2.22. The minimum atomic E-state index is -3.18. The molecule has 1 heterocycles. The lowest BCUT2D eigenvalue weighted by Crippen LogP contribution is -2.40. The predicted molar refractivity (Wildman–Crippen MR) is 88.5 cm³/mol. The minimum absolute atomic E-state index is 0.106. The molecule has 8 heteroatoms. The predicted octanol–water partition coefficient (Wildman–Crippen LogP) is 1.26. The Kier molecular flexibility index (Phi) is 5.38. The van der Waals surface area contributed by atoms with Gasteiger partial charge in [-0.15, -0.1) is 0 Å². The molecule has 2 rings (SSSR count). The fourth-order valence-electron chi connectivity index (χ4n) is 2.53. The highest BCUT2D eigenvalue weighted by Crippen LogP contribution is 2.21. The van der Waals surface area contributed by atoms with Crippen LogP contribution in [0.15, 0.2) is 24.3 Å². The van der Waals surface area contributed by atoms with Crippen LogP contribution in [0.1, 0.15) is 19.8 Å². The Balaban J connectivity index is 1.89. The van der Waals surface area contributed by atoms with Gasteiger partial charge in [0, 0.05) is 37.3 Å². The van der Waals surface area contributed by atoms with E-state index in [4.69, 9.17) is 0 Å². The van der Waals surface area contributed by atoms with Crippen molar-refractivity contribution in [1.29, 1.82) is 0 Å². The summed E-state index contributed by atoms with van der Waals surface area (Å²) in [5, 5.41) is 5.48. The SMILES string of the molecule is CC(=O)Nc1ccc(NC(=O)C2CCN(S(C)(=O)=O)CC2)cc1. The molecule has 0 spiro atoms. The molecule has 23 heavy (non-hydrogen) atoms. The number of anilines is 2. The standard InChI is InChI=1S/C15H21N3O4S/c1-11(19)16-13-3-5-14(6-4-13)17-15(20)12-7-9-18(10-8-12)23(2,21)22/h3-6,12H,7-10H2,1-2H3,(H,16,19)(H,17,20). The van der Waals surface area contributed by atoms with Crippen molar-refractivity contribution in [2.75, 3.05) is 30.0 Å². The highest BCUT2D eigenvalue weighted by atomic mass is 32.2. The lowest BCUT2D eigenvalue weighted by atomic mass is 9.97. The van der Waals surface area contributed by atoms with Crippen LogP contribution in [0.4, 0.5) is 11.4 Å². The van der Waals surface area contributed by atoms with Crippen molar-refractivity contribution in [3.63, 3.8) is 0 Å². The number of nitrogens with one attached hydrogen (secondary N) is 2. The molecule has 1 aliphatic rings. The Hall–Kier alpha value is -1.93. The Morgan fingerprint density at radius 2 is 1.52 bits per heavy atom. The van der Waals surface area contributed by atoms with E-state index in [1.54, 1.807) is 24.3 Å². The number of hydrogen-bond donors (Lipinski definition) is 2. The summed E-state index contributed by atoms with van der Waals surface area (Å²) >= 11 is 0. The number of carbonyl (C=O) groups excluding carboxylic acids is 2. The number of sulfonamides is 1. The monoisotopic (exact) mass is 339 g/mol. The normalized spacial score (nSPS) is 16.8. The maximum Gasteiger partial charge on any atom is 0.227 e. The van der Waals surface area contributed by atoms with E-state index in [0.29, 0.717) is 37.3 Å². The van der Waals surface area contributed by atoms with Crippen molar-refractivity contribution in [3.05, 3.63) is 24.3 Å². The number of benzene rings is 1. The van der Waals surface area contributed by atoms with Gasteiger partial charge in [0.15, 0.2) is 0 Å². The van der Waals surface area contributed by atoms with Crippen LogP contribution >= 0.6 is 0 Å². The van der Waals surface area contributed by atoms with Gasteiger partial charge in [0.1, 0.15) is 0 Å². The minimum Gasteiger partial charge on any atom is -0.326 e. The van der Waals surface area contributed by atoms with Crippen LogP contribution in [0.5, 0.6) is 0 Å². The van der Waals surface area contributed by atoms with Gasteiger partial charge in [0.2, 0.25) is 21.8 Å². The third-order valence-electron chi connectivity index (χ3n) is 3.77. The summed E-state index contributed by atoms with van der Waals surface area (Å²) in [6, 6.07) is 6.86. The lowest BCUT2D eigenvalue weighted by Gasteiger charge is -2.29. The van der Waals surface area contributed by atoms with Gasteiger partial charge in [0.25, 0.3) is 0 Å². The zero-order chi connectivity index (χ0) is 17.0. The highest BCUT2D eigenvalue weighted by Gasteiger charge is 2.28. The van der Waals surface area contributed by atoms with E-state index in [1.807, 2.05) is 0 Å². The molecule has 0 aromatic heterocycles. The highest BCUT2D eigenvalue weighted by molar-refractivity contribution is 7.88. The van der Waals surface area contributed by atoms with Crippen LogP contribution in [0, 0.1) is 5.92 Å². The van der Waals surface area contributed by atoms with Crippen LogP contribution in [0.2, 0.25) is 0 Å². The molecule has 1 fully saturated rings. The van der Waals surface area contributed by atoms with Crippen molar-refractivity contribution in [2.24, 2.45) is 5.92 Å². The molecule has 0 unspecified atom stereocenters. The number of carbonyl (C=O) groups is 2. The van der Waals surface area contributed by atoms with Crippen LogP contribution in [0.25, 0.3) is 0 Å². The number of nitrogens with zero attached hydrogens (tertiary/aromatic N) is 1. The molecule has 7 nitrogen and oxygen atoms in total. The first-order chi connectivity index (χ1) is 10.8. The van der Waals surface area contributed by atoms with Crippen LogP contribution in [0.3, 0.4) is 0 Å². The van der Waals surface area contributed by atoms with Crippen LogP contribution in [-0.2, 0) is 19.6 Å². The van der Waals surface area contributed by atoms with Crippen molar-refractivity contribution in [2.45, 2.75) is 19.8 Å². The molecule has 1 saturated heterocycles. The maximum absolute atomic E-state index is 12.2. The molecule has 1 aromatic carbocycles. The number of hydrogen-bond acceptors (Lipinski definition) is 4. The zero-order valence-corrected chi connectivity index (χ0v) is 14.0. The average molecular weight is 339 g/mol. The molecule has 1 aliphatic heterocycles. The first-order valence-electron chi connectivity index (χ1n) is 7.39. The van der Waals surface area contributed by atoms with Gasteiger partial charge >= 0.3 is 0 Å². The molecule has 0 bridgehead atoms. The van der Waals surface area contributed by atoms with Crippen molar-refractivity contribution in [1.82, 2.24) is 4.31 Å². The second-order valence-electron chi connectivity index (χ2n) is 5.68. The van der Waals surface area contributed by atoms with Gasteiger partial charge in [-0.05, 0) is 37.1 Å². The quantitative estimate of drug-likeness (QED) is 0.863. The Labute approximate surface area is 136 Å². The first-order valence-corrected chi connectivity index (χ1v) is 9.24. The second-order valence-corrected chi connectivity index (χ2v) is 7.67. The Morgan fingerprint density at radius 3 is 1.96 bits per heavy atom. The zero-order valence-electron chi connectivity index (χ0n) is 13.2. The largest absolute Gasteiger partial charge is 0.326 e. The lowest BCUT2D eigenvalue weighted by molar-refractivity contribution is -0.121. The van der Waals surface area contributed by atoms with Crippen molar-refractivity contribution in [3.8, 4) is 0 Å². The van der Waals surface area contributed by atoms with Crippen molar-refractivity contribution < 1.29 is 18.0 Å². The molecular formula is C15H21N3O4S. The molecule has 1 aromatic rings. The number of rotatable bonds is 4. The van der Waals surface area contributed by atoms with Crippen LogP contribution in [-0.4, -0.2) is 43.9 Å². The maximum atomic E-state index is 12.2. The van der Waals surface area contributed by atoms with Gasteiger partial charge in [-0.2, -0.15) is 0 Å². The van der Waals surface area contributed by atoms with E-state index in [2.05, 4.69) is 10.6 Å². The Bertz CT molecular complexity index is 677. The van der Waals surface area contributed by atoms with E-state index >= 15 is 0 Å². The third kappa shape index (κ3) is 5.04. The summed E-state index contributed by atoms with van der Waals surface area (Å²) < 4.78 is 24.3. The van der Waals surface area contributed by atoms with E-state index in [-0.39, 0.29) is 17.7 Å². The molecule has 0 radical (unpaired) electrons. The molecule has 0 saturated carbocycles. The summed E-state index contributed by atoms with van der Waals surface area (Å²) in [4.78, 5) is 23.2. The molecular weight excluding hydrogens is 318 g/mol. The summed E-state index contributed by atoms with van der Waals surface area (Å²) in [5.41, 5.74) is 1.31. The Morgan fingerprint density at radius 1 is 1.04 bits per heavy atom. The number of piperidine rings is 1. The first kappa shape index (κ1) is 17.4. The van der Waals surface area contributed by atoms with E-state index in [9.17, 15) is 18.0 Å². The topological polar surface area (TPSA) is 95.6 Å². The fourth-order valence-corrected chi connectivity index (χ4v) is 3.41. The van der Waals surface area contributed by atoms with Gasteiger partial charge in [-0.3, -0.25) is 9.59 Å². The third-order valence-corrected chi connectivity index (χ3v) is 5.07. The van der Waals surface area contributed by atoms with E-state index in [0.717, 1.165) is 0 Å². The molecule has 0 atom stereocenters.